The number of fused-ring (bicyclic) bond motifs is 2. The molecule has 0 aliphatic heterocycles. The Labute approximate surface area is 139 Å². The molecule has 2 aromatic rings. The largest absolute Gasteiger partial charge is 0.352 e. The normalized spacial score (nSPS) is 25.7. The molecule has 23 heavy (non-hydrogen) atoms. The smallest absolute Gasteiger partial charge is 0.230 e. The number of carbonyl (C=O) groups excluding carboxylic acids is 1. The van der Waals surface area contributed by atoms with E-state index < -0.39 is 0 Å². The van der Waals surface area contributed by atoms with E-state index in [0.29, 0.717) is 22.9 Å². The molecular formula is C16H19N5OS. The second kappa shape index (κ2) is 6.31. The lowest BCUT2D eigenvalue weighted by molar-refractivity contribution is -0.119. The Balaban J connectivity index is 1.35. The Hall–Kier alpha value is -1.89. The fourth-order valence-electron chi connectivity index (χ4n) is 3.80. The summed E-state index contributed by atoms with van der Waals surface area (Å²) in [5.74, 6) is 1.96. The summed E-state index contributed by atoms with van der Waals surface area (Å²) in [5.41, 5.74) is 0.897. The van der Waals surface area contributed by atoms with Crippen molar-refractivity contribution in [2.75, 3.05) is 5.75 Å². The number of hydrogen-bond acceptors (Lipinski definition) is 5. The molecule has 1 aromatic carbocycles. The summed E-state index contributed by atoms with van der Waals surface area (Å²) in [4.78, 5) is 12.2. The lowest BCUT2D eigenvalue weighted by Gasteiger charge is -2.22. The Bertz CT molecular complexity index is 689. The maximum Gasteiger partial charge on any atom is 0.230 e. The van der Waals surface area contributed by atoms with E-state index in [2.05, 4.69) is 20.8 Å². The zero-order valence-electron chi connectivity index (χ0n) is 12.8. The number of para-hydroxylation sites is 1. The number of rotatable bonds is 5. The summed E-state index contributed by atoms with van der Waals surface area (Å²) < 4.78 is 1.66. The first kappa shape index (κ1) is 14.7. The molecule has 1 amide bonds. The van der Waals surface area contributed by atoms with Crippen LogP contribution < -0.4 is 5.32 Å². The fraction of sp³-hybridized carbons (Fsp3) is 0.500. The molecule has 1 heterocycles. The van der Waals surface area contributed by atoms with Crippen LogP contribution in [0, 0.1) is 11.8 Å². The van der Waals surface area contributed by atoms with Gasteiger partial charge in [0.15, 0.2) is 0 Å². The van der Waals surface area contributed by atoms with Crippen molar-refractivity contribution in [3.05, 3.63) is 30.3 Å². The number of carbonyl (C=O) groups is 1. The molecule has 0 radical (unpaired) electrons. The molecule has 0 saturated heterocycles. The van der Waals surface area contributed by atoms with Gasteiger partial charge in [-0.2, -0.15) is 4.68 Å². The fourth-order valence-corrected chi connectivity index (χ4v) is 4.50. The van der Waals surface area contributed by atoms with Crippen molar-refractivity contribution in [3.63, 3.8) is 0 Å². The quantitative estimate of drug-likeness (QED) is 0.850. The number of tetrazole rings is 1. The van der Waals surface area contributed by atoms with Crippen molar-refractivity contribution in [1.82, 2.24) is 25.5 Å². The summed E-state index contributed by atoms with van der Waals surface area (Å²) in [5, 5.41) is 15.6. The Kier molecular flexibility index (Phi) is 4.03. The number of nitrogens with zero attached hydrogens (tertiary/aromatic N) is 4. The standard InChI is InChI=1S/C16H19N5OS/c22-15(17-14-9-11-6-7-12(14)8-11)10-23-16-18-19-20-21(16)13-4-2-1-3-5-13/h1-5,11-12,14H,6-10H2,(H,17,22)/t11-,12-,14-/m0/s1. The minimum absolute atomic E-state index is 0.0789. The van der Waals surface area contributed by atoms with Crippen LogP contribution in [-0.4, -0.2) is 37.9 Å². The number of thioether (sulfide) groups is 1. The van der Waals surface area contributed by atoms with E-state index in [1.165, 1.54) is 31.0 Å². The number of aromatic nitrogens is 4. The van der Waals surface area contributed by atoms with Crippen LogP contribution in [0.1, 0.15) is 25.7 Å². The van der Waals surface area contributed by atoms with Gasteiger partial charge >= 0.3 is 0 Å². The molecule has 120 valence electrons. The third-order valence-electron chi connectivity index (χ3n) is 4.86. The van der Waals surface area contributed by atoms with E-state index in [-0.39, 0.29) is 5.91 Å². The number of benzene rings is 1. The van der Waals surface area contributed by atoms with Crippen LogP contribution in [0.4, 0.5) is 0 Å². The average molecular weight is 329 g/mol. The lowest BCUT2D eigenvalue weighted by Crippen LogP contribution is -2.39. The SMILES string of the molecule is O=C(CSc1nnnn1-c1ccccc1)N[C@H]1C[C@H]2CC[C@H]1C2. The van der Waals surface area contributed by atoms with Gasteiger partial charge in [-0.05, 0) is 53.7 Å². The lowest BCUT2D eigenvalue weighted by atomic mass is 9.95. The van der Waals surface area contributed by atoms with Crippen LogP contribution >= 0.6 is 11.8 Å². The molecule has 0 spiro atoms. The van der Waals surface area contributed by atoms with E-state index >= 15 is 0 Å². The van der Waals surface area contributed by atoms with Crippen LogP contribution in [0.5, 0.6) is 0 Å². The minimum Gasteiger partial charge on any atom is -0.352 e. The number of hydrogen-bond donors (Lipinski definition) is 1. The molecule has 7 heteroatoms. The van der Waals surface area contributed by atoms with Gasteiger partial charge in [0.25, 0.3) is 0 Å². The van der Waals surface area contributed by atoms with Gasteiger partial charge in [0, 0.05) is 6.04 Å². The summed E-state index contributed by atoms with van der Waals surface area (Å²) in [6, 6.07) is 10.1. The summed E-state index contributed by atoms with van der Waals surface area (Å²) in [6.07, 6.45) is 5.07. The van der Waals surface area contributed by atoms with E-state index in [1.54, 1.807) is 4.68 Å². The van der Waals surface area contributed by atoms with Crippen molar-refractivity contribution in [1.29, 1.82) is 0 Å². The van der Waals surface area contributed by atoms with Crippen LogP contribution in [0.2, 0.25) is 0 Å². The molecule has 2 saturated carbocycles. The summed E-state index contributed by atoms with van der Waals surface area (Å²) in [6.45, 7) is 0. The van der Waals surface area contributed by atoms with Crippen molar-refractivity contribution in [2.45, 2.75) is 36.9 Å². The van der Waals surface area contributed by atoms with Crippen LogP contribution in [0.3, 0.4) is 0 Å². The minimum atomic E-state index is 0.0789. The summed E-state index contributed by atoms with van der Waals surface area (Å²) >= 11 is 1.37. The highest BCUT2D eigenvalue weighted by molar-refractivity contribution is 7.99. The van der Waals surface area contributed by atoms with E-state index in [0.717, 1.165) is 18.0 Å². The van der Waals surface area contributed by atoms with Gasteiger partial charge < -0.3 is 5.32 Å². The maximum absolute atomic E-state index is 12.2. The first-order valence-electron chi connectivity index (χ1n) is 8.05. The topological polar surface area (TPSA) is 72.7 Å². The Morgan fingerprint density at radius 3 is 2.87 bits per heavy atom. The predicted molar refractivity (Wildman–Crippen MR) is 87.3 cm³/mol. The molecule has 3 atom stereocenters. The monoisotopic (exact) mass is 329 g/mol. The second-order valence-electron chi connectivity index (χ2n) is 6.35. The molecule has 1 aromatic heterocycles. The third kappa shape index (κ3) is 3.10. The molecule has 2 aliphatic rings. The molecule has 2 bridgehead atoms. The second-order valence-corrected chi connectivity index (χ2v) is 7.29. The van der Waals surface area contributed by atoms with Crippen LogP contribution in [0.25, 0.3) is 5.69 Å². The van der Waals surface area contributed by atoms with Crippen molar-refractivity contribution < 1.29 is 4.79 Å². The van der Waals surface area contributed by atoms with Gasteiger partial charge in [-0.15, -0.1) is 5.10 Å². The molecule has 0 unspecified atom stereocenters. The number of amides is 1. The Morgan fingerprint density at radius 2 is 2.13 bits per heavy atom. The van der Waals surface area contributed by atoms with E-state index in [9.17, 15) is 4.79 Å². The van der Waals surface area contributed by atoms with Crippen LogP contribution in [-0.2, 0) is 4.79 Å². The maximum atomic E-state index is 12.2. The van der Waals surface area contributed by atoms with Gasteiger partial charge in [-0.1, -0.05) is 36.4 Å². The van der Waals surface area contributed by atoms with Gasteiger partial charge in [0.2, 0.25) is 11.1 Å². The molecule has 2 aliphatic carbocycles. The first-order chi connectivity index (χ1) is 11.3. The molecular weight excluding hydrogens is 310 g/mol. The van der Waals surface area contributed by atoms with Crippen LogP contribution in [0.15, 0.2) is 35.5 Å². The first-order valence-corrected chi connectivity index (χ1v) is 9.04. The number of nitrogens with one attached hydrogen (secondary N) is 1. The molecule has 1 N–H and O–H groups in total. The van der Waals surface area contributed by atoms with Gasteiger partial charge in [0.05, 0.1) is 11.4 Å². The summed E-state index contributed by atoms with van der Waals surface area (Å²) in [7, 11) is 0. The van der Waals surface area contributed by atoms with Crippen molar-refractivity contribution in [3.8, 4) is 5.69 Å². The van der Waals surface area contributed by atoms with Crippen molar-refractivity contribution in [2.24, 2.45) is 11.8 Å². The molecule has 6 nitrogen and oxygen atoms in total. The zero-order valence-corrected chi connectivity index (χ0v) is 13.6. The van der Waals surface area contributed by atoms with Gasteiger partial charge in [-0.25, -0.2) is 0 Å². The predicted octanol–water partition coefficient (Wildman–Crippen LogP) is 2.06. The average Bonchev–Trinajstić information content (AvgIpc) is 3.30. The van der Waals surface area contributed by atoms with E-state index in [4.69, 9.17) is 0 Å². The third-order valence-corrected chi connectivity index (χ3v) is 5.78. The van der Waals surface area contributed by atoms with Gasteiger partial charge in [-0.3, -0.25) is 4.79 Å². The highest BCUT2D eigenvalue weighted by Gasteiger charge is 2.40. The highest BCUT2D eigenvalue weighted by Crippen LogP contribution is 2.44. The van der Waals surface area contributed by atoms with Crippen molar-refractivity contribution >= 4 is 17.7 Å². The van der Waals surface area contributed by atoms with Gasteiger partial charge in [0.1, 0.15) is 0 Å². The van der Waals surface area contributed by atoms with E-state index in [1.807, 2.05) is 30.3 Å². The zero-order chi connectivity index (χ0) is 15.6. The highest BCUT2D eigenvalue weighted by atomic mass is 32.2. The Morgan fingerprint density at radius 1 is 1.26 bits per heavy atom. The molecule has 2 fully saturated rings. The molecule has 4 rings (SSSR count).